The monoisotopic (exact) mass is 418 g/mol. The van der Waals surface area contributed by atoms with Crippen molar-refractivity contribution in [3.63, 3.8) is 0 Å². The van der Waals surface area contributed by atoms with Gasteiger partial charge in [-0.15, -0.1) is 0 Å². The third-order valence-corrected chi connectivity index (χ3v) is 5.91. The van der Waals surface area contributed by atoms with Gasteiger partial charge in [-0.2, -0.15) is 0 Å². The number of aryl methyl sites for hydroxylation is 1. The Labute approximate surface area is 171 Å². The number of nitrogens with one attached hydrogen (secondary N) is 2. The summed E-state index contributed by atoms with van der Waals surface area (Å²) in [6.07, 6.45) is -0.356. The Hall–Kier alpha value is -2.71. The van der Waals surface area contributed by atoms with E-state index in [2.05, 4.69) is 10.0 Å². The van der Waals surface area contributed by atoms with Crippen LogP contribution in [0.2, 0.25) is 0 Å². The maximum absolute atomic E-state index is 12.3. The van der Waals surface area contributed by atoms with Gasteiger partial charge in [0.25, 0.3) is 5.91 Å². The normalized spacial score (nSPS) is 13.4. The van der Waals surface area contributed by atoms with Crippen LogP contribution in [0.5, 0.6) is 0 Å². The van der Waals surface area contributed by atoms with E-state index in [4.69, 9.17) is 4.74 Å². The van der Waals surface area contributed by atoms with Gasteiger partial charge in [0, 0.05) is 11.7 Å². The molecule has 2 rings (SSSR count). The maximum atomic E-state index is 12.3. The van der Waals surface area contributed by atoms with Crippen molar-refractivity contribution in [1.82, 2.24) is 4.72 Å². The molecule has 8 heteroatoms. The lowest BCUT2D eigenvalue weighted by Gasteiger charge is -2.14. The third-order valence-electron chi connectivity index (χ3n) is 4.31. The summed E-state index contributed by atoms with van der Waals surface area (Å²) in [5, 5.41) is 2.69. The first-order valence-electron chi connectivity index (χ1n) is 9.33. The summed E-state index contributed by atoms with van der Waals surface area (Å²) in [4.78, 5) is 24.6. The number of rotatable bonds is 8. The van der Waals surface area contributed by atoms with Crippen molar-refractivity contribution in [2.45, 2.75) is 51.2 Å². The summed E-state index contributed by atoms with van der Waals surface area (Å²) in [7, 11) is -3.65. The largest absolute Gasteiger partial charge is 0.449 e. The number of benzene rings is 2. The summed E-state index contributed by atoms with van der Waals surface area (Å²) in [6.45, 7) is 7.02. The molecule has 0 aliphatic carbocycles. The molecule has 7 nitrogen and oxygen atoms in total. The molecule has 2 aromatic rings. The molecule has 2 N–H and O–H groups in total. The van der Waals surface area contributed by atoms with Gasteiger partial charge in [0.1, 0.15) is 0 Å². The molecule has 29 heavy (non-hydrogen) atoms. The Balaban J connectivity index is 2.00. The zero-order valence-electron chi connectivity index (χ0n) is 16.9. The molecule has 0 aliphatic heterocycles. The predicted molar refractivity (Wildman–Crippen MR) is 111 cm³/mol. The van der Waals surface area contributed by atoms with Crippen LogP contribution in [0.3, 0.4) is 0 Å². The Kier molecular flexibility index (Phi) is 7.53. The van der Waals surface area contributed by atoms with E-state index in [9.17, 15) is 18.0 Å². The van der Waals surface area contributed by atoms with Crippen LogP contribution < -0.4 is 10.0 Å². The Morgan fingerprint density at radius 2 is 1.72 bits per heavy atom. The molecule has 2 atom stereocenters. The van der Waals surface area contributed by atoms with Gasteiger partial charge in [-0.1, -0.05) is 19.1 Å². The SMILES string of the molecule is CC[C@H](C)NS(=O)(=O)c1ccc(C(=O)O[C@H](C)C(=O)Nc2cccc(C)c2)cc1. The van der Waals surface area contributed by atoms with Gasteiger partial charge in [0.05, 0.1) is 10.5 Å². The Morgan fingerprint density at radius 1 is 1.07 bits per heavy atom. The van der Waals surface area contributed by atoms with Crippen molar-refractivity contribution in [2.24, 2.45) is 0 Å². The second-order valence-corrected chi connectivity index (χ2v) is 8.58. The first-order valence-corrected chi connectivity index (χ1v) is 10.8. The molecule has 156 valence electrons. The average molecular weight is 419 g/mol. The Morgan fingerprint density at radius 3 is 2.31 bits per heavy atom. The van der Waals surface area contributed by atoms with E-state index in [0.29, 0.717) is 12.1 Å². The van der Waals surface area contributed by atoms with Crippen molar-refractivity contribution in [1.29, 1.82) is 0 Å². The molecule has 0 fully saturated rings. The van der Waals surface area contributed by atoms with Gasteiger partial charge < -0.3 is 10.1 Å². The van der Waals surface area contributed by atoms with Crippen LogP contribution >= 0.6 is 0 Å². The van der Waals surface area contributed by atoms with E-state index in [1.54, 1.807) is 19.1 Å². The van der Waals surface area contributed by atoms with Gasteiger partial charge >= 0.3 is 5.97 Å². The van der Waals surface area contributed by atoms with Gasteiger partial charge in [-0.25, -0.2) is 17.9 Å². The lowest BCUT2D eigenvalue weighted by Crippen LogP contribution is -2.32. The molecule has 0 aromatic heterocycles. The zero-order chi connectivity index (χ0) is 21.6. The van der Waals surface area contributed by atoms with Crippen molar-refractivity contribution >= 4 is 27.6 Å². The molecule has 1 amide bonds. The lowest BCUT2D eigenvalue weighted by molar-refractivity contribution is -0.123. The third kappa shape index (κ3) is 6.40. The predicted octanol–water partition coefficient (Wildman–Crippen LogP) is 3.26. The highest BCUT2D eigenvalue weighted by molar-refractivity contribution is 7.89. The number of hydrogen-bond donors (Lipinski definition) is 2. The van der Waals surface area contributed by atoms with Gasteiger partial charge in [-0.3, -0.25) is 4.79 Å². The minimum atomic E-state index is -3.65. The summed E-state index contributed by atoms with van der Waals surface area (Å²) < 4.78 is 32.3. The molecule has 0 unspecified atom stereocenters. The van der Waals surface area contributed by atoms with E-state index >= 15 is 0 Å². The smallest absolute Gasteiger partial charge is 0.338 e. The first kappa shape index (κ1) is 22.6. The second-order valence-electron chi connectivity index (χ2n) is 6.86. The average Bonchev–Trinajstić information content (AvgIpc) is 2.67. The maximum Gasteiger partial charge on any atom is 0.338 e. The molecule has 0 heterocycles. The lowest BCUT2D eigenvalue weighted by atomic mass is 10.2. The molecular formula is C21H26N2O5S. The van der Waals surface area contributed by atoms with Crippen LogP contribution in [0.15, 0.2) is 53.4 Å². The number of anilines is 1. The number of carbonyl (C=O) groups is 2. The van der Waals surface area contributed by atoms with Crippen LogP contribution in [0.4, 0.5) is 5.69 Å². The van der Waals surface area contributed by atoms with Crippen LogP contribution in [0.1, 0.15) is 43.1 Å². The molecule has 0 spiro atoms. The van der Waals surface area contributed by atoms with Gasteiger partial charge in [-0.05, 0) is 69.2 Å². The fourth-order valence-corrected chi connectivity index (χ4v) is 3.76. The molecule has 0 saturated heterocycles. The molecular weight excluding hydrogens is 392 g/mol. The van der Waals surface area contributed by atoms with Crippen molar-refractivity contribution in [2.75, 3.05) is 5.32 Å². The summed E-state index contributed by atoms with van der Waals surface area (Å²) in [5.41, 5.74) is 1.76. The fourth-order valence-electron chi connectivity index (χ4n) is 2.44. The van der Waals surface area contributed by atoms with E-state index in [0.717, 1.165) is 5.56 Å². The summed E-state index contributed by atoms with van der Waals surface area (Å²) in [6, 6.07) is 12.5. The molecule has 0 bridgehead atoms. The van der Waals surface area contributed by atoms with E-state index in [1.165, 1.54) is 31.2 Å². The number of carbonyl (C=O) groups excluding carboxylic acids is 2. The van der Waals surface area contributed by atoms with E-state index in [-0.39, 0.29) is 16.5 Å². The molecule has 0 aliphatic rings. The van der Waals surface area contributed by atoms with Crippen molar-refractivity contribution in [3.8, 4) is 0 Å². The Bertz CT molecular complexity index is 971. The van der Waals surface area contributed by atoms with Crippen molar-refractivity contribution < 1.29 is 22.7 Å². The minimum Gasteiger partial charge on any atom is -0.449 e. The molecule has 2 aromatic carbocycles. The highest BCUT2D eigenvalue weighted by Gasteiger charge is 2.21. The van der Waals surface area contributed by atoms with Crippen LogP contribution in [0, 0.1) is 6.92 Å². The quantitative estimate of drug-likeness (QED) is 0.641. The summed E-state index contributed by atoms with van der Waals surface area (Å²) in [5.74, 6) is -1.17. The summed E-state index contributed by atoms with van der Waals surface area (Å²) >= 11 is 0. The molecule has 0 radical (unpaired) electrons. The minimum absolute atomic E-state index is 0.0552. The number of sulfonamides is 1. The topological polar surface area (TPSA) is 102 Å². The first-order chi connectivity index (χ1) is 13.6. The molecule has 0 saturated carbocycles. The van der Waals surface area contributed by atoms with Crippen LogP contribution in [-0.4, -0.2) is 32.4 Å². The standard InChI is InChI=1S/C21H26N2O5S/c1-5-15(3)23-29(26,27)19-11-9-17(10-12-19)21(25)28-16(4)20(24)22-18-8-6-7-14(2)13-18/h6-13,15-16,23H,5H2,1-4H3,(H,22,24)/t15-,16+/m0/s1. The number of amides is 1. The number of ether oxygens (including phenoxy) is 1. The number of hydrogen-bond acceptors (Lipinski definition) is 5. The van der Waals surface area contributed by atoms with Gasteiger partial charge in [0.15, 0.2) is 6.10 Å². The second kappa shape index (κ2) is 9.67. The van der Waals surface area contributed by atoms with Crippen molar-refractivity contribution in [3.05, 3.63) is 59.7 Å². The van der Waals surface area contributed by atoms with E-state index in [1.807, 2.05) is 26.0 Å². The van der Waals surface area contributed by atoms with Gasteiger partial charge in [0.2, 0.25) is 10.0 Å². The fraction of sp³-hybridized carbons (Fsp3) is 0.333. The van der Waals surface area contributed by atoms with E-state index < -0.39 is 28.0 Å². The van der Waals surface area contributed by atoms with Crippen LogP contribution in [0.25, 0.3) is 0 Å². The number of esters is 1. The zero-order valence-corrected chi connectivity index (χ0v) is 17.7. The van der Waals surface area contributed by atoms with Crippen LogP contribution in [-0.2, 0) is 19.6 Å². The highest BCUT2D eigenvalue weighted by Crippen LogP contribution is 2.14. The highest BCUT2D eigenvalue weighted by atomic mass is 32.2.